The van der Waals surface area contributed by atoms with Crippen molar-refractivity contribution in [2.75, 3.05) is 36.3 Å². The zero-order chi connectivity index (χ0) is 31.3. The molecule has 226 valence electrons. The molecule has 1 saturated heterocycles. The Morgan fingerprint density at radius 1 is 0.955 bits per heavy atom. The first-order chi connectivity index (χ1) is 21.1. The second-order valence-corrected chi connectivity index (χ2v) is 13.5. The van der Waals surface area contributed by atoms with Crippen molar-refractivity contribution in [2.45, 2.75) is 22.7 Å². The van der Waals surface area contributed by atoms with Crippen LogP contribution in [0.5, 0.6) is 5.75 Å². The maximum atomic E-state index is 14.1. The van der Waals surface area contributed by atoms with Gasteiger partial charge in [-0.25, -0.2) is 4.90 Å². The molecule has 1 N–H and O–H groups in total. The minimum atomic E-state index is -0.797. The van der Waals surface area contributed by atoms with Gasteiger partial charge in [0.1, 0.15) is 17.5 Å². The average Bonchev–Trinajstić information content (AvgIpc) is 3.45. The van der Waals surface area contributed by atoms with Gasteiger partial charge in [-0.1, -0.05) is 58.4 Å². The van der Waals surface area contributed by atoms with Gasteiger partial charge >= 0.3 is 4.87 Å². The van der Waals surface area contributed by atoms with Crippen molar-refractivity contribution < 1.29 is 19.1 Å². The van der Waals surface area contributed by atoms with E-state index >= 15 is 0 Å². The Bertz CT molecular complexity index is 1840. The molecule has 13 heteroatoms. The molecule has 3 atom stereocenters. The number of amides is 3. The van der Waals surface area contributed by atoms with Crippen LogP contribution in [0.4, 0.5) is 17.1 Å². The number of nitrogens with one attached hydrogen (secondary N) is 1. The quantitative estimate of drug-likeness (QED) is 0.251. The van der Waals surface area contributed by atoms with E-state index in [2.05, 4.69) is 5.32 Å². The van der Waals surface area contributed by atoms with E-state index in [1.807, 2.05) is 43.3 Å². The van der Waals surface area contributed by atoms with E-state index in [0.717, 1.165) is 34.3 Å². The number of rotatable bonds is 7. The molecule has 0 spiro atoms. The highest BCUT2D eigenvalue weighted by atomic mass is 35.5. The van der Waals surface area contributed by atoms with Crippen LogP contribution in [0, 0.1) is 5.92 Å². The van der Waals surface area contributed by atoms with Gasteiger partial charge in [-0.15, -0.1) is 0 Å². The van der Waals surface area contributed by atoms with E-state index in [9.17, 15) is 19.2 Å². The Labute approximate surface area is 271 Å². The zero-order valence-electron chi connectivity index (χ0n) is 23.7. The molecule has 9 nitrogen and oxygen atoms in total. The summed E-state index contributed by atoms with van der Waals surface area (Å²) in [5.41, 5.74) is 2.65. The summed E-state index contributed by atoms with van der Waals surface area (Å²) in [6.45, 7) is -0.286. The van der Waals surface area contributed by atoms with Crippen molar-refractivity contribution in [1.29, 1.82) is 0 Å². The number of benzene rings is 3. The van der Waals surface area contributed by atoms with Crippen LogP contribution in [0.3, 0.4) is 0 Å². The summed E-state index contributed by atoms with van der Waals surface area (Å²) in [6.07, 6.45) is 0. The van der Waals surface area contributed by atoms with Crippen LogP contribution in [-0.2, 0) is 20.9 Å². The van der Waals surface area contributed by atoms with Crippen molar-refractivity contribution >= 4 is 81.1 Å². The van der Waals surface area contributed by atoms with E-state index in [1.165, 1.54) is 15.5 Å². The molecule has 0 saturated carbocycles. The van der Waals surface area contributed by atoms with Gasteiger partial charge in [0, 0.05) is 36.3 Å². The van der Waals surface area contributed by atoms with Crippen LogP contribution in [-0.4, -0.2) is 48.7 Å². The highest BCUT2D eigenvalue weighted by Gasteiger charge is 2.56. The molecule has 0 unspecified atom stereocenters. The lowest BCUT2D eigenvalue weighted by Gasteiger charge is -2.31. The van der Waals surface area contributed by atoms with Crippen molar-refractivity contribution in [2.24, 2.45) is 5.92 Å². The summed E-state index contributed by atoms with van der Waals surface area (Å²) >= 11 is 14.3. The van der Waals surface area contributed by atoms with Gasteiger partial charge in [0.25, 0.3) is 0 Å². The normalized spacial score (nSPS) is 19.0. The molecule has 6 rings (SSSR count). The van der Waals surface area contributed by atoms with Crippen LogP contribution in [0.1, 0.15) is 16.4 Å². The fourth-order valence-corrected chi connectivity index (χ4v) is 8.57. The maximum absolute atomic E-state index is 14.1. The number of nitrogens with zero attached hydrogens (tertiary/aromatic N) is 3. The molecule has 3 amide bonds. The molecule has 1 fully saturated rings. The number of carbonyl (C=O) groups excluding carboxylic acids is 3. The zero-order valence-corrected chi connectivity index (χ0v) is 26.9. The van der Waals surface area contributed by atoms with Crippen LogP contribution in [0.15, 0.2) is 76.6 Å². The smallest absolute Gasteiger partial charge is 0.308 e. The number of halogens is 2. The lowest BCUT2D eigenvalue weighted by Crippen LogP contribution is -2.33. The standard InChI is InChI=1S/C31H26Cl2N4O5S2/c1-35(2)18-7-4-16(5-8-18)24-25-26(29(40)37(28(25)39)19-9-11-20(42-3)12-10-19)43-30-27(24)44-31(41)36(30)15-23(38)34-17-6-13-21(32)22(33)14-17/h4-14,24-26H,15H2,1-3H3,(H,34,38)/t24-,25-,26+/m0/s1. The first kappa shape index (κ1) is 30.3. The fraction of sp³-hybridized carbons (Fsp3) is 0.226. The number of hydrogen-bond acceptors (Lipinski definition) is 8. The van der Waals surface area contributed by atoms with Crippen molar-refractivity contribution in [3.05, 3.63) is 96.9 Å². The van der Waals surface area contributed by atoms with Gasteiger partial charge in [0.15, 0.2) is 0 Å². The van der Waals surface area contributed by atoms with Crippen molar-refractivity contribution in [3.8, 4) is 5.75 Å². The Kier molecular flexibility index (Phi) is 8.23. The second kappa shape index (κ2) is 12.0. The molecule has 4 aromatic rings. The number of thiazole rings is 1. The first-order valence-corrected chi connectivity index (χ1v) is 16.0. The molecule has 0 aliphatic carbocycles. The number of anilines is 3. The predicted molar refractivity (Wildman–Crippen MR) is 175 cm³/mol. The highest BCUT2D eigenvalue weighted by molar-refractivity contribution is 8.00. The third-order valence-corrected chi connectivity index (χ3v) is 11.0. The van der Waals surface area contributed by atoms with Crippen molar-refractivity contribution in [1.82, 2.24) is 4.57 Å². The summed E-state index contributed by atoms with van der Waals surface area (Å²) < 4.78 is 6.62. The lowest BCUT2D eigenvalue weighted by molar-refractivity contribution is -0.122. The number of aromatic nitrogens is 1. The summed E-state index contributed by atoms with van der Waals surface area (Å²) in [4.78, 5) is 58.0. The molecule has 3 heterocycles. The number of hydrogen-bond donors (Lipinski definition) is 1. The van der Waals surface area contributed by atoms with Crippen LogP contribution < -0.4 is 24.7 Å². The van der Waals surface area contributed by atoms with Crippen LogP contribution in [0.25, 0.3) is 0 Å². The molecule has 2 aliphatic rings. The Hall–Kier alpha value is -3.77. The molecule has 2 aliphatic heterocycles. The number of ether oxygens (including phenoxy) is 1. The minimum Gasteiger partial charge on any atom is -0.497 e. The highest BCUT2D eigenvalue weighted by Crippen LogP contribution is 2.54. The molecule has 44 heavy (non-hydrogen) atoms. The monoisotopic (exact) mass is 668 g/mol. The third-order valence-electron chi connectivity index (χ3n) is 7.65. The summed E-state index contributed by atoms with van der Waals surface area (Å²) in [5.74, 6) is -1.87. The minimum absolute atomic E-state index is 0.282. The van der Waals surface area contributed by atoms with Crippen molar-refractivity contribution in [3.63, 3.8) is 0 Å². The summed E-state index contributed by atoms with van der Waals surface area (Å²) in [5, 5.41) is 3.09. The Morgan fingerprint density at radius 3 is 2.30 bits per heavy atom. The summed E-state index contributed by atoms with van der Waals surface area (Å²) in [7, 11) is 5.41. The summed E-state index contributed by atoms with van der Waals surface area (Å²) in [6, 6.07) is 19.2. The van der Waals surface area contributed by atoms with Gasteiger partial charge in [0.05, 0.1) is 33.8 Å². The molecule has 0 bridgehead atoms. The van der Waals surface area contributed by atoms with E-state index in [1.54, 1.807) is 43.5 Å². The lowest BCUT2D eigenvalue weighted by atomic mass is 9.83. The van der Waals surface area contributed by atoms with Crippen LogP contribution >= 0.6 is 46.3 Å². The topological polar surface area (TPSA) is 101 Å². The third kappa shape index (κ3) is 5.38. The number of carbonyl (C=O) groups is 3. The number of methoxy groups -OCH3 is 1. The van der Waals surface area contributed by atoms with Gasteiger partial charge < -0.3 is 15.0 Å². The molecular weight excluding hydrogens is 643 g/mol. The van der Waals surface area contributed by atoms with Crippen LogP contribution in [0.2, 0.25) is 10.0 Å². The first-order valence-electron chi connectivity index (χ1n) is 13.5. The average molecular weight is 670 g/mol. The predicted octanol–water partition coefficient (Wildman–Crippen LogP) is 5.73. The van der Waals surface area contributed by atoms with E-state index in [0.29, 0.717) is 32.1 Å². The van der Waals surface area contributed by atoms with E-state index in [-0.39, 0.29) is 28.3 Å². The number of thioether (sulfide) groups is 1. The fourth-order valence-electron chi connectivity index (χ4n) is 5.50. The number of imide groups is 1. The van der Waals surface area contributed by atoms with E-state index in [4.69, 9.17) is 27.9 Å². The van der Waals surface area contributed by atoms with Gasteiger partial charge in [-0.3, -0.25) is 23.7 Å². The number of fused-ring (bicyclic) bond motifs is 2. The Balaban J connectivity index is 1.40. The Morgan fingerprint density at radius 2 is 1.66 bits per heavy atom. The SMILES string of the molecule is COc1ccc(N2C(=O)[C@H]3[C@H](c4ccc(N(C)C)cc4)c4sc(=O)n(CC(=O)Nc5ccc(Cl)c(Cl)c5)c4S[C@H]3C2=O)cc1. The second-order valence-electron chi connectivity index (χ2n) is 10.5. The largest absolute Gasteiger partial charge is 0.497 e. The maximum Gasteiger partial charge on any atom is 0.308 e. The molecule has 3 aromatic carbocycles. The molecule has 0 radical (unpaired) electrons. The van der Waals surface area contributed by atoms with E-state index < -0.39 is 23.0 Å². The molecule has 1 aromatic heterocycles. The molecular formula is C31H26Cl2N4O5S2. The van der Waals surface area contributed by atoms with Gasteiger partial charge in [-0.05, 0) is 60.2 Å². The van der Waals surface area contributed by atoms with Gasteiger partial charge in [-0.2, -0.15) is 0 Å². The van der Waals surface area contributed by atoms with Gasteiger partial charge in [0.2, 0.25) is 17.7 Å².